The maximum atomic E-state index is 12.1. The predicted molar refractivity (Wildman–Crippen MR) is 89.9 cm³/mol. The second-order valence-corrected chi connectivity index (χ2v) is 5.42. The van der Waals surface area contributed by atoms with E-state index in [1.807, 2.05) is 55.5 Å². The molecule has 0 aliphatic heterocycles. The Bertz CT molecular complexity index is 660. The Balaban J connectivity index is 1.77. The van der Waals surface area contributed by atoms with Crippen LogP contribution < -0.4 is 0 Å². The largest absolute Gasteiger partial charge is 0.458 e. The number of hydrogen-bond donors (Lipinski definition) is 0. The molecule has 23 heavy (non-hydrogen) atoms. The number of ether oxygens (including phenoxy) is 1. The highest BCUT2D eigenvalue weighted by atomic mass is 16.5. The Morgan fingerprint density at radius 2 is 1.61 bits per heavy atom. The SMILES string of the molecule is CC(/C=C/C(=O)OCc1ccccc1)CC(=O)c1ccccc1. The molecule has 0 saturated heterocycles. The van der Waals surface area contributed by atoms with Crippen LogP contribution in [0.3, 0.4) is 0 Å². The van der Waals surface area contributed by atoms with Gasteiger partial charge in [0.25, 0.3) is 0 Å². The Morgan fingerprint density at radius 1 is 1.00 bits per heavy atom. The minimum Gasteiger partial charge on any atom is -0.458 e. The van der Waals surface area contributed by atoms with Crippen molar-refractivity contribution in [1.29, 1.82) is 0 Å². The van der Waals surface area contributed by atoms with E-state index in [0.29, 0.717) is 12.0 Å². The predicted octanol–water partition coefficient (Wildman–Crippen LogP) is 4.20. The molecule has 0 saturated carbocycles. The number of benzene rings is 2. The standard InChI is InChI=1S/C20H20O3/c1-16(14-19(21)18-10-6-3-7-11-18)12-13-20(22)23-15-17-8-4-2-5-9-17/h2-13,16H,14-15H2,1H3/b13-12+. The van der Waals surface area contributed by atoms with Gasteiger partial charge in [0.1, 0.15) is 6.61 Å². The van der Waals surface area contributed by atoms with Crippen LogP contribution in [0.5, 0.6) is 0 Å². The topological polar surface area (TPSA) is 43.4 Å². The number of carbonyl (C=O) groups is 2. The third-order valence-electron chi connectivity index (χ3n) is 3.39. The third-order valence-corrected chi connectivity index (χ3v) is 3.39. The molecule has 0 amide bonds. The quantitative estimate of drug-likeness (QED) is 0.437. The average molecular weight is 308 g/mol. The molecule has 0 fully saturated rings. The molecule has 3 nitrogen and oxygen atoms in total. The minimum absolute atomic E-state index is 0.0213. The number of Topliss-reactive ketones (excluding diaryl/α,β-unsaturated/α-hetero) is 1. The molecule has 3 heteroatoms. The first kappa shape index (κ1) is 16.7. The summed E-state index contributed by atoms with van der Waals surface area (Å²) in [5.74, 6) is -0.347. The van der Waals surface area contributed by atoms with Crippen LogP contribution in [0.15, 0.2) is 72.8 Å². The Morgan fingerprint density at radius 3 is 2.26 bits per heavy atom. The molecule has 2 aromatic carbocycles. The molecular formula is C20H20O3. The van der Waals surface area contributed by atoms with Gasteiger partial charge in [0, 0.05) is 18.1 Å². The summed E-state index contributed by atoms with van der Waals surface area (Å²) in [6.07, 6.45) is 3.48. The van der Waals surface area contributed by atoms with E-state index in [0.717, 1.165) is 5.56 Å². The molecule has 1 atom stereocenters. The number of allylic oxidation sites excluding steroid dienone is 1. The smallest absolute Gasteiger partial charge is 0.330 e. The van der Waals surface area contributed by atoms with Gasteiger partial charge < -0.3 is 4.74 Å². The summed E-state index contributed by atoms with van der Waals surface area (Å²) in [4.78, 5) is 23.7. The zero-order valence-corrected chi connectivity index (χ0v) is 13.1. The summed E-state index contributed by atoms with van der Waals surface area (Å²) >= 11 is 0. The van der Waals surface area contributed by atoms with E-state index in [1.54, 1.807) is 18.2 Å². The molecule has 2 rings (SSSR count). The van der Waals surface area contributed by atoms with E-state index in [1.165, 1.54) is 6.08 Å². The number of hydrogen-bond acceptors (Lipinski definition) is 3. The lowest BCUT2D eigenvalue weighted by molar-refractivity contribution is -0.139. The molecule has 2 aromatic rings. The Kier molecular flexibility index (Phi) is 6.30. The summed E-state index contributed by atoms with van der Waals surface area (Å²) in [7, 11) is 0. The fraction of sp³-hybridized carbons (Fsp3) is 0.200. The summed E-state index contributed by atoms with van der Waals surface area (Å²) in [6, 6.07) is 18.7. The first-order valence-corrected chi connectivity index (χ1v) is 7.62. The van der Waals surface area contributed by atoms with Gasteiger partial charge in [-0.3, -0.25) is 4.79 Å². The second kappa shape index (κ2) is 8.69. The van der Waals surface area contributed by atoms with E-state index in [4.69, 9.17) is 4.74 Å². The van der Waals surface area contributed by atoms with Crippen molar-refractivity contribution in [3.8, 4) is 0 Å². The van der Waals surface area contributed by atoms with E-state index < -0.39 is 5.97 Å². The highest BCUT2D eigenvalue weighted by Crippen LogP contribution is 2.11. The van der Waals surface area contributed by atoms with Crippen LogP contribution in [-0.4, -0.2) is 11.8 Å². The van der Waals surface area contributed by atoms with Gasteiger partial charge in [0.15, 0.2) is 5.78 Å². The number of rotatable bonds is 7. The Labute approximate surface area is 136 Å². The maximum Gasteiger partial charge on any atom is 0.330 e. The van der Waals surface area contributed by atoms with Gasteiger partial charge in [-0.05, 0) is 11.5 Å². The van der Waals surface area contributed by atoms with Gasteiger partial charge in [0.2, 0.25) is 0 Å². The monoisotopic (exact) mass is 308 g/mol. The maximum absolute atomic E-state index is 12.1. The molecule has 118 valence electrons. The molecule has 0 aliphatic rings. The summed E-state index contributed by atoms with van der Waals surface area (Å²) in [6.45, 7) is 2.16. The average Bonchev–Trinajstić information content (AvgIpc) is 2.60. The highest BCUT2D eigenvalue weighted by Gasteiger charge is 2.09. The van der Waals surface area contributed by atoms with Gasteiger partial charge in [-0.2, -0.15) is 0 Å². The number of esters is 1. The lowest BCUT2D eigenvalue weighted by Gasteiger charge is -2.06. The minimum atomic E-state index is -0.395. The van der Waals surface area contributed by atoms with Gasteiger partial charge >= 0.3 is 5.97 Å². The fourth-order valence-corrected chi connectivity index (χ4v) is 2.12. The van der Waals surface area contributed by atoms with Crippen molar-refractivity contribution in [2.24, 2.45) is 5.92 Å². The van der Waals surface area contributed by atoms with Crippen LogP contribution in [0, 0.1) is 5.92 Å². The lowest BCUT2D eigenvalue weighted by atomic mass is 9.99. The van der Waals surface area contributed by atoms with Crippen molar-refractivity contribution < 1.29 is 14.3 Å². The zero-order valence-electron chi connectivity index (χ0n) is 13.1. The van der Waals surface area contributed by atoms with Gasteiger partial charge in [-0.25, -0.2) is 4.79 Å². The molecule has 0 N–H and O–H groups in total. The van der Waals surface area contributed by atoms with Crippen molar-refractivity contribution in [2.45, 2.75) is 20.0 Å². The number of carbonyl (C=O) groups excluding carboxylic acids is 2. The fourth-order valence-electron chi connectivity index (χ4n) is 2.12. The van der Waals surface area contributed by atoms with Crippen LogP contribution >= 0.6 is 0 Å². The first-order valence-electron chi connectivity index (χ1n) is 7.62. The molecule has 0 aliphatic carbocycles. The normalized spacial score (nSPS) is 12.0. The van der Waals surface area contributed by atoms with E-state index in [-0.39, 0.29) is 18.3 Å². The van der Waals surface area contributed by atoms with Crippen molar-refractivity contribution in [2.75, 3.05) is 0 Å². The van der Waals surface area contributed by atoms with Crippen LogP contribution in [-0.2, 0) is 16.1 Å². The van der Waals surface area contributed by atoms with Gasteiger partial charge in [-0.1, -0.05) is 73.7 Å². The van der Waals surface area contributed by atoms with Gasteiger partial charge in [-0.15, -0.1) is 0 Å². The van der Waals surface area contributed by atoms with Crippen molar-refractivity contribution in [3.05, 3.63) is 83.9 Å². The second-order valence-electron chi connectivity index (χ2n) is 5.42. The molecule has 0 bridgehead atoms. The number of ketones is 1. The Hall–Kier alpha value is -2.68. The van der Waals surface area contributed by atoms with Crippen molar-refractivity contribution in [3.63, 3.8) is 0 Å². The highest BCUT2D eigenvalue weighted by molar-refractivity contribution is 5.96. The first-order chi connectivity index (χ1) is 11.1. The van der Waals surface area contributed by atoms with Crippen LogP contribution in [0.1, 0.15) is 29.3 Å². The van der Waals surface area contributed by atoms with Crippen LogP contribution in [0.4, 0.5) is 0 Å². The summed E-state index contributed by atoms with van der Waals surface area (Å²) in [5, 5.41) is 0. The molecule has 0 radical (unpaired) electrons. The summed E-state index contributed by atoms with van der Waals surface area (Å²) in [5.41, 5.74) is 1.64. The lowest BCUT2D eigenvalue weighted by Crippen LogP contribution is -2.05. The molecule has 1 unspecified atom stereocenters. The van der Waals surface area contributed by atoms with Crippen LogP contribution in [0.25, 0.3) is 0 Å². The van der Waals surface area contributed by atoms with E-state index in [9.17, 15) is 9.59 Å². The molecule has 0 aromatic heterocycles. The zero-order chi connectivity index (χ0) is 16.5. The molecule has 0 heterocycles. The van der Waals surface area contributed by atoms with E-state index >= 15 is 0 Å². The summed E-state index contributed by atoms with van der Waals surface area (Å²) < 4.78 is 5.16. The van der Waals surface area contributed by atoms with Crippen molar-refractivity contribution in [1.82, 2.24) is 0 Å². The van der Waals surface area contributed by atoms with Gasteiger partial charge in [0.05, 0.1) is 0 Å². The molecular weight excluding hydrogens is 288 g/mol. The van der Waals surface area contributed by atoms with Crippen LogP contribution in [0.2, 0.25) is 0 Å². The third kappa shape index (κ3) is 5.91. The van der Waals surface area contributed by atoms with E-state index in [2.05, 4.69) is 0 Å². The molecule has 0 spiro atoms. The van der Waals surface area contributed by atoms with Crippen molar-refractivity contribution >= 4 is 11.8 Å².